The molecule has 0 fully saturated rings. The molecule has 0 aliphatic heterocycles. The second kappa shape index (κ2) is 4.17. The van der Waals surface area contributed by atoms with E-state index in [4.69, 9.17) is 0 Å². The van der Waals surface area contributed by atoms with Crippen LogP contribution in [0.3, 0.4) is 0 Å². The summed E-state index contributed by atoms with van der Waals surface area (Å²) in [7, 11) is -3.08. The van der Waals surface area contributed by atoms with E-state index in [-0.39, 0.29) is 5.92 Å². The maximum atomic E-state index is 10.8. The molecule has 13 heavy (non-hydrogen) atoms. The van der Waals surface area contributed by atoms with Gasteiger partial charge < -0.3 is 0 Å². The SMILES string of the molecule is CC(CNS(C)(=O)=O)c1nccs1. The Bertz CT molecular complexity index is 345. The first-order chi connectivity index (χ1) is 5.99. The first-order valence-electron chi connectivity index (χ1n) is 3.83. The molecule has 0 radical (unpaired) electrons. The Balaban J connectivity index is 2.48. The lowest BCUT2D eigenvalue weighted by Crippen LogP contribution is -2.26. The largest absolute Gasteiger partial charge is 0.249 e. The fraction of sp³-hybridized carbons (Fsp3) is 0.571. The van der Waals surface area contributed by atoms with Crippen LogP contribution in [-0.2, 0) is 10.0 Å². The highest BCUT2D eigenvalue weighted by molar-refractivity contribution is 7.88. The van der Waals surface area contributed by atoms with Crippen molar-refractivity contribution in [2.45, 2.75) is 12.8 Å². The van der Waals surface area contributed by atoms with Gasteiger partial charge in [0.1, 0.15) is 0 Å². The van der Waals surface area contributed by atoms with Crippen molar-refractivity contribution in [3.8, 4) is 0 Å². The molecule has 0 spiro atoms. The van der Waals surface area contributed by atoms with Crippen LogP contribution in [0.25, 0.3) is 0 Å². The van der Waals surface area contributed by atoms with E-state index in [1.165, 1.54) is 11.3 Å². The van der Waals surface area contributed by atoms with Gasteiger partial charge in [-0.25, -0.2) is 18.1 Å². The van der Waals surface area contributed by atoms with Crippen molar-refractivity contribution >= 4 is 21.4 Å². The van der Waals surface area contributed by atoms with Gasteiger partial charge in [-0.05, 0) is 0 Å². The quantitative estimate of drug-likeness (QED) is 0.816. The summed E-state index contributed by atoms with van der Waals surface area (Å²) in [5, 5.41) is 2.84. The zero-order valence-corrected chi connectivity index (χ0v) is 9.15. The molecule has 1 N–H and O–H groups in total. The van der Waals surface area contributed by atoms with Crippen LogP contribution in [0.2, 0.25) is 0 Å². The fourth-order valence-electron chi connectivity index (χ4n) is 0.842. The molecule has 0 saturated carbocycles. The highest BCUT2D eigenvalue weighted by Gasteiger charge is 2.10. The third kappa shape index (κ3) is 3.84. The minimum Gasteiger partial charge on any atom is -0.249 e. The van der Waals surface area contributed by atoms with Crippen LogP contribution < -0.4 is 4.72 Å². The lowest BCUT2D eigenvalue weighted by Gasteiger charge is -2.07. The van der Waals surface area contributed by atoms with Crippen LogP contribution in [0, 0.1) is 0 Å². The second-order valence-corrected chi connectivity index (χ2v) is 5.65. The molecule has 0 aliphatic rings. The summed E-state index contributed by atoms with van der Waals surface area (Å²) >= 11 is 1.54. The van der Waals surface area contributed by atoms with E-state index in [0.717, 1.165) is 11.3 Å². The molecule has 0 bridgehead atoms. The molecule has 1 heterocycles. The monoisotopic (exact) mass is 220 g/mol. The van der Waals surface area contributed by atoms with E-state index in [1.54, 1.807) is 6.20 Å². The van der Waals surface area contributed by atoms with Crippen LogP contribution in [0.1, 0.15) is 17.8 Å². The minimum absolute atomic E-state index is 0.134. The summed E-state index contributed by atoms with van der Waals surface area (Å²) in [6, 6.07) is 0. The summed E-state index contributed by atoms with van der Waals surface area (Å²) in [5.41, 5.74) is 0. The number of hydrogen-bond donors (Lipinski definition) is 1. The van der Waals surface area contributed by atoms with Gasteiger partial charge in [0.15, 0.2) is 0 Å². The molecule has 1 rings (SSSR count). The number of thiazole rings is 1. The van der Waals surface area contributed by atoms with Crippen molar-refractivity contribution in [2.24, 2.45) is 0 Å². The number of aromatic nitrogens is 1. The van der Waals surface area contributed by atoms with Crippen molar-refractivity contribution in [1.29, 1.82) is 0 Å². The predicted molar refractivity (Wildman–Crippen MR) is 53.4 cm³/mol. The molecule has 1 aromatic heterocycles. The summed E-state index contributed by atoms with van der Waals surface area (Å²) in [6.45, 7) is 2.35. The number of sulfonamides is 1. The summed E-state index contributed by atoms with van der Waals surface area (Å²) in [4.78, 5) is 4.10. The third-order valence-electron chi connectivity index (χ3n) is 1.52. The van der Waals surface area contributed by atoms with Crippen molar-refractivity contribution in [2.75, 3.05) is 12.8 Å². The number of hydrogen-bond acceptors (Lipinski definition) is 4. The molecule has 1 atom stereocenters. The van der Waals surface area contributed by atoms with Crippen molar-refractivity contribution in [3.05, 3.63) is 16.6 Å². The van der Waals surface area contributed by atoms with Crippen LogP contribution in [0.15, 0.2) is 11.6 Å². The standard InChI is InChI=1S/C7H12N2O2S2/c1-6(5-9-13(2,10)11)7-8-3-4-12-7/h3-4,6,9H,5H2,1-2H3. The predicted octanol–water partition coefficient (Wildman–Crippen LogP) is 0.796. The number of nitrogens with zero attached hydrogens (tertiary/aromatic N) is 1. The molecule has 74 valence electrons. The average molecular weight is 220 g/mol. The van der Waals surface area contributed by atoms with Crippen LogP contribution in [0.5, 0.6) is 0 Å². The Hall–Kier alpha value is -0.460. The van der Waals surface area contributed by atoms with Gasteiger partial charge >= 0.3 is 0 Å². The molecule has 1 unspecified atom stereocenters. The highest BCUT2D eigenvalue weighted by Crippen LogP contribution is 2.16. The van der Waals surface area contributed by atoms with E-state index >= 15 is 0 Å². The Morgan fingerprint density at radius 2 is 2.38 bits per heavy atom. The Morgan fingerprint density at radius 1 is 1.69 bits per heavy atom. The summed E-state index contributed by atoms with van der Waals surface area (Å²) < 4.78 is 24.0. The van der Waals surface area contributed by atoms with Gasteiger partial charge in [0, 0.05) is 24.0 Å². The Kier molecular flexibility index (Phi) is 3.40. The van der Waals surface area contributed by atoms with E-state index in [1.807, 2.05) is 12.3 Å². The highest BCUT2D eigenvalue weighted by atomic mass is 32.2. The van der Waals surface area contributed by atoms with Gasteiger partial charge in [0.05, 0.1) is 11.3 Å². The van der Waals surface area contributed by atoms with Gasteiger partial charge in [-0.15, -0.1) is 11.3 Å². The number of rotatable bonds is 4. The van der Waals surface area contributed by atoms with Gasteiger partial charge in [-0.1, -0.05) is 6.92 Å². The molecule has 0 aromatic carbocycles. The maximum Gasteiger partial charge on any atom is 0.208 e. The van der Waals surface area contributed by atoms with E-state index in [2.05, 4.69) is 9.71 Å². The topological polar surface area (TPSA) is 59.1 Å². The zero-order valence-electron chi connectivity index (χ0n) is 7.52. The van der Waals surface area contributed by atoms with Gasteiger partial charge in [-0.2, -0.15) is 0 Å². The molecule has 0 aliphatic carbocycles. The molecular weight excluding hydrogens is 208 g/mol. The lowest BCUT2D eigenvalue weighted by atomic mass is 10.2. The smallest absolute Gasteiger partial charge is 0.208 e. The molecule has 0 amide bonds. The summed E-state index contributed by atoms with van der Waals surface area (Å²) in [6.07, 6.45) is 2.87. The van der Waals surface area contributed by atoms with Gasteiger partial charge in [-0.3, -0.25) is 0 Å². The number of nitrogens with one attached hydrogen (secondary N) is 1. The van der Waals surface area contributed by atoms with E-state index in [9.17, 15) is 8.42 Å². The molecule has 0 saturated heterocycles. The van der Waals surface area contributed by atoms with Crippen molar-refractivity contribution in [3.63, 3.8) is 0 Å². The normalized spacial score (nSPS) is 14.3. The van der Waals surface area contributed by atoms with Crippen molar-refractivity contribution in [1.82, 2.24) is 9.71 Å². The van der Waals surface area contributed by atoms with Crippen LogP contribution in [-0.4, -0.2) is 26.2 Å². The summed E-state index contributed by atoms with van der Waals surface area (Å²) in [5.74, 6) is 0.134. The Labute approximate surface area is 82.1 Å². The van der Waals surface area contributed by atoms with E-state index in [0.29, 0.717) is 6.54 Å². The lowest BCUT2D eigenvalue weighted by molar-refractivity contribution is 0.580. The molecule has 4 nitrogen and oxygen atoms in total. The third-order valence-corrected chi connectivity index (χ3v) is 3.22. The first kappa shape index (κ1) is 10.6. The molecule has 1 aromatic rings. The zero-order chi connectivity index (χ0) is 9.90. The Morgan fingerprint density at radius 3 is 2.85 bits per heavy atom. The van der Waals surface area contributed by atoms with E-state index < -0.39 is 10.0 Å². The molecule has 6 heteroatoms. The van der Waals surface area contributed by atoms with Gasteiger partial charge in [0.25, 0.3) is 0 Å². The fourth-order valence-corrected chi connectivity index (χ4v) is 2.09. The van der Waals surface area contributed by atoms with Crippen LogP contribution in [0.4, 0.5) is 0 Å². The first-order valence-corrected chi connectivity index (χ1v) is 6.60. The molecular formula is C7H12N2O2S2. The minimum atomic E-state index is -3.08. The van der Waals surface area contributed by atoms with Crippen LogP contribution >= 0.6 is 11.3 Å². The van der Waals surface area contributed by atoms with Gasteiger partial charge in [0.2, 0.25) is 10.0 Å². The second-order valence-electron chi connectivity index (χ2n) is 2.89. The average Bonchev–Trinajstić information content (AvgIpc) is 2.50. The van der Waals surface area contributed by atoms with Crippen molar-refractivity contribution < 1.29 is 8.42 Å². The maximum absolute atomic E-state index is 10.8.